The van der Waals surface area contributed by atoms with Gasteiger partial charge in [-0.25, -0.2) is 0 Å². The second-order valence-electron chi connectivity index (χ2n) is 12.3. The highest BCUT2D eigenvalue weighted by atomic mass is 35.5. The number of thioether (sulfide) groups is 1. The number of unbranched alkanes of at least 4 members (excludes halogenated alkanes) is 4. The normalized spacial score (nSPS) is 18.3. The largest absolute Gasteiger partial charge is 0.550 e. The number of carboxylic acid groups (broad SMARTS) is 2. The molecule has 0 saturated carbocycles. The lowest BCUT2D eigenvalue weighted by atomic mass is 9.81. The number of hydrogen-bond acceptors (Lipinski definition) is 6. The number of aromatic nitrogens is 1. The van der Waals surface area contributed by atoms with Gasteiger partial charge in [-0.15, -0.1) is 0 Å². The number of carboxylic acids is 2. The summed E-state index contributed by atoms with van der Waals surface area (Å²) in [5.41, 5.74) is 6.19. The maximum atomic E-state index is 11.0. The van der Waals surface area contributed by atoms with Crippen molar-refractivity contribution in [3.8, 4) is 0 Å². The molecule has 2 heterocycles. The van der Waals surface area contributed by atoms with Crippen molar-refractivity contribution in [3.63, 3.8) is 0 Å². The third-order valence-electron chi connectivity index (χ3n) is 8.62. The van der Waals surface area contributed by atoms with E-state index < -0.39 is 11.9 Å². The number of carbonyl (C=O) groups is 2. The number of halogens is 2. The molecule has 6 nitrogen and oxygen atoms in total. The summed E-state index contributed by atoms with van der Waals surface area (Å²) in [4.78, 5) is 25.4. The zero-order chi connectivity index (χ0) is 32.8. The van der Waals surface area contributed by atoms with Gasteiger partial charge in [-0.3, -0.25) is 4.79 Å². The molecule has 1 unspecified atom stereocenters. The van der Waals surface area contributed by atoms with Gasteiger partial charge in [-0.1, -0.05) is 59.6 Å². The predicted molar refractivity (Wildman–Crippen MR) is 188 cm³/mol. The van der Waals surface area contributed by atoms with E-state index in [0.717, 1.165) is 62.8 Å². The summed E-state index contributed by atoms with van der Waals surface area (Å²) >= 11 is 16.4. The minimum absolute atomic E-state index is 0.0938. The van der Waals surface area contributed by atoms with Crippen LogP contribution in [0.15, 0.2) is 69.1 Å². The fraction of sp³-hybridized carbons (Fsp3) is 0.417. The third-order valence-corrected chi connectivity index (χ3v) is 11.3. The van der Waals surface area contributed by atoms with Crippen LogP contribution in [0, 0.1) is 5.92 Å². The Labute approximate surface area is 289 Å². The van der Waals surface area contributed by atoms with Crippen molar-refractivity contribution in [3.05, 3.63) is 79.3 Å². The van der Waals surface area contributed by atoms with E-state index in [1.807, 2.05) is 24.3 Å². The van der Waals surface area contributed by atoms with Gasteiger partial charge < -0.3 is 19.9 Å². The molecule has 1 atom stereocenters. The first-order chi connectivity index (χ1) is 22.1. The maximum absolute atomic E-state index is 11.0. The number of anilines is 1. The Kier molecular flexibility index (Phi) is 11.9. The number of nitrogens with zero attached hydrogens (tertiary/aromatic N) is 2. The summed E-state index contributed by atoms with van der Waals surface area (Å²) in [5.74, 6) is -1.25. The lowest BCUT2D eigenvalue weighted by molar-refractivity contribution is -0.669. The minimum Gasteiger partial charge on any atom is -0.550 e. The number of hydrogen-bond donors (Lipinski definition) is 1. The summed E-state index contributed by atoms with van der Waals surface area (Å²) in [7, 11) is 0. The summed E-state index contributed by atoms with van der Waals surface area (Å²) in [6, 6.07) is 12.1. The SMILES string of the molecule is CC1=C(/C=C2\Sc3ccc(Cl)cc3N2CCCCCC(=O)[O-])CC(C)C/C1=C\c1sc2ccc(Cl)cc2[n+]1CCCCCC(=O)O. The van der Waals surface area contributed by atoms with Crippen molar-refractivity contribution in [2.24, 2.45) is 5.92 Å². The van der Waals surface area contributed by atoms with Crippen molar-refractivity contribution in [1.29, 1.82) is 0 Å². The van der Waals surface area contributed by atoms with Crippen LogP contribution in [0.5, 0.6) is 0 Å². The summed E-state index contributed by atoms with van der Waals surface area (Å²) in [6.07, 6.45) is 11.7. The van der Waals surface area contributed by atoms with Gasteiger partial charge in [-0.05, 0) is 111 Å². The Morgan fingerprint density at radius 3 is 2.52 bits per heavy atom. The van der Waals surface area contributed by atoms with Gasteiger partial charge >= 0.3 is 5.97 Å². The number of rotatable bonds is 14. The van der Waals surface area contributed by atoms with Crippen molar-refractivity contribution in [2.75, 3.05) is 11.4 Å². The van der Waals surface area contributed by atoms with E-state index >= 15 is 0 Å². The summed E-state index contributed by atoms with van der Waals surface area (Å²) in [6.45, 7) is 6.15. The molecule has 10 heteroatoms. The average Bonchev–Trinajstić information content (AvgIpc) is 3.50. The second kappa shape index (κ2) is 15.9. The van der Waals surface area contributed by atoms with Crippen molar-refractivity contribution in [1.82, 2.24) is 0 Å². The van der Waals surface area contributed by atoms with E-state index in [4.69, 9.17) is 28.3 Å². The second-order valence-corrected chi connectivity index (χ2v) is 15.3. The van der Waals surface area contributed by atoms with E-state index in [2.05, 4.69) is 47.6 Å². The van der Waals surface area contributed by atoms with Crippen LogP contribution in [0.3, 0.4) is 0 Å². The van der Waals surface area contributed by atoms with E-state index in [0.29, 0.717) is 28.8 Å². The molecule has 0 fully saturated rings. The number of aryl methyl sites for hydroxylation is 1. The Morgan fingerprint density at radius 1 is 1.00 bits per heavy atom. The fourth-order valence-corrected chi connectivity index (χ4v) is 8.84. The lowest BCUT2D eigenvalue weighted by Gasteiger charge is -2.26. The van der Waals surface area contributed by atoms with Gasteiger partial charge in [0.05, 0.1) is 10.7 Å². The van der Waals surface area contributed by atoms with Gasteiger partial charge in [0.2, 0.25) is 5.52 Å². The molecular formula is C36H40Cl2N2O4S2. The summed E-state index contributed by atoms with van der Waals surface area (Å²) in [5, 5.41) is 23.7. The molecule has 0 amide bonds. The van der Waals surface area contributed by atoms with Crippen LogP contribution in [-0.4, -0.2) is 23.6 Å². The average molecular weight is 700 g/mol. The molecule has 1 aromatic heterocycles. The molecule has 1 aliphatic heterocycles. The minimum atomic E-state index is -0.993. The first-order valence-electron chi connectivity index (χ1n) is 16.0. The Bertz CT molecular complexity index is 1710. The Morgan fingerprint density at radius 2 is 1.74 bits per heavy atom. The number of aliphatic carboxylic acids is 2. The van der Waals surface area contributed by atoms with Crippen molar-refractivity contribution in [2.45, 2.75) is 89.5 Å². The molecular weight excluding hydrogens is 659 g/mol. The summed E-state index contributed by atoms with van der Waals surface area (Å²) < 4.78 is 3.53. The molecule has 0 bridgehead atoms. The lowest BCUT2D eigenvalue weighted by Crippen LogP contribution is -2.35. The highest BCUT2D eigenvalue weighted by Gasteiger charge is 2.28. The zero-order valence-electron chi connectivity index (χ0n) is 26.3. The number of benzene rings is 2. The van der Waals surface area contributed by atoms with Crippen molar-refractivity contribution < 1.29 is 24.4 Å². The molecule has 3 aromatic rings. The van der Waals surface area contributed by atoms with E-state index in [1.54, 1.807) is 23.1 Å². The quantitative estimate of drug-likeness (QED) is 0.134. The van der Waals surface area contributed by atoms with E-state index in [9.17, 15) is 14.7 Å². The topological polar surface area (TPSA) is 84.6 Å². The van der Waals surface area contributed by atoms with Gasteiger partial charge in [-0.2, -0.15) is 4.57 Å². The fourth-order valence-electron chi connectivity index (χ4n) is 6.23. The number of thiazole rings is 1. The number of carbonyl (C=O) groups excluding carboxylic acids is 1. The van der Waals surface area contributed by atoms with Crippen LogP contribution < -0.4 is 14.6 Å². The smallest absolute Gasteiger partial charge is 0.303 e. The standard InChI is InChI=1S/C36H40Cl2N2O4S2/c1-23-17-25(19-33-39(15-7-3-5-9-35(41)42)29-21-27(37)11-13-31(29)45-33)24(2)26(18-23)20-34-40(16-8-4-6-10-36(43)44)30-22-28(38)12-14-32(30)46-34/h11-14,19-23H,3-10,15-18H2,1-2H3,(H-,41,42,43,44). The maximum Gasteiger partial charge on any atom is 0.303 e. The highest BCUT2D eigenvalue weighted by molar-refractivity contribution is 8.03. The Hall–Kier alpha value is -2.78. The predicted octanol–water partition coefficient (Wildman–Crippen LogP) is 9.03. The van der Waals surface area contributed by atoms with Crippen LogP contribution >= 0.6 is 46.3 Å². The van der Waals surface area contributed by atoms with E-state index in [1.165, 1.54) is 36.4 Å². The molecule has 2 aromatic carbocycles. The van der Waals surface area contributed by atoms with Crippen LogP contribution in [0.2, 0.25) is 10.0 Å². The number of fused-ring (bicyclic) bond motifs is 2. The molecule has 0 spiro atoms. The van der Waals surface area contributed by atoms with Gasteiger partial charge in [0.25, 0.3) is 5.01 Å². The number of allylic oxidation sites excluding steroid dienone is 4. The molecule has 0 saturated heterocycles. The molecule has 5 rings (SSSR count). The van der Waals surface area contributed by atoms with Crippen LogP contribution in [-0.2, 0) is 16.1 Å². The molecule has 2 aliphatic rings. The van der Waals surface area contributed by atoms with Crippen molar-refractivity contribution >= 4 is 80.2 Å². The van der Waals surface area contributed by atoms with Gasteiger partial charge in [0, 0.05) is 52.4 Å². The van der Waals surface area contributed by atoms with E-state index in [-0.39, 0.29) is 12.8 Å². The molecule has 46 heavy (non-hydrogen) atoms. The van der Waals surface area contributed by atoms with Gasteiger partial charge in [0.15, 0.2) is 6.54 Å². The van der Waals surface area contributed by atoms with Gasteiger partial charge in [0.1, 0.15) is 4.70 Å². The first kappa shape index (κ1) is 34.6. The van der Waals surface area contributed by atoms with Crippen LogP contribution in [0.25, 0.3) is 16.3 Å². The van der Waals surface area contributed by atoms with Crippen LogP contribution in [0.4, 0.5) is 5.69 Å². The highest BCUT2D eigenvalue weighted by Crippen LogP contribution is 2.48. The molecule has 0 radical (unpaired) electrons. The monoisotopic (exact) mass is 698 g/mol. The van der Waals surface area contributed by atoms with Crippen LogP contribution in [0.1, 0.15) is 83.1 Å². The molecule has 1 aliphatic carbocycles. The molecule has 1 N–H and O–H groups in total. The molecule has 244 valence electrons. The first-order valence-corrected chi connectivity index (χ1v) is 18.4. The Balaban J connectivity index is 1.44. The third kappa shape index (κ3) is 8.77. The zero-order valence-corrected chi connectivity index (χ0v) is 29.5.